The first-order valence-corrected chi connectivity index (χ1v) is 41.2. The molecule has 22 nitrogen and oxygen atoms in total. The molecule has 0 radical (unpaired) electrons. The Morgan fingerprint density at radius 2 is 0.641 bits per heavy atom. The van der Waals surface area contributed by atoms with E-state index in [9.17, 15) is 29.7 Å². The van der Waals surface area contributed by atoms with Crippen molar-refractivity contribution in [3.8, 4) is 0 Å². The van der Waals surface area contributed by atoms with Crippen LogP contribution in [0.3, 0.4) is 0 Å². The van der Waals surface area contributed by atoms with E-state index in [1.54, 1.807) is 13.8 Å². The summed E-state index contributed by atoms with van der Waals surface area (Å²) in [5, 5.41) is 56.8. The maximum absolute atomic E-state index is 13.1. The normalized spacial score (nSPS) is 29.6. The molecule has 117 heavy (non-hydrogen) atoms. The summed E-state index contributed by atoms with van der Waals surface area (Å²) >= 11 is 17.2. The molecule has 3 aliphatic carbocycles. The van der Waals surface area contributed by atoms with Crippen LogP contribution in [0.5, 0.6) is 0 Å². The van der Waals surface area contributed by atoms with E-state index in [1.165, 1.54) is 0 Å². The summed E-state index contributed by atoms with van der Waals surface area (Å²) in [6.07, 6.45) is 0. The molecule has 27 heteroatoms. The topological polar surface area (TPSA) is 379 Å². The summed E-state index contributed by atoms with van der Waals surface area (Å²) in [5.41, 5.74) is 14.0. The summed E-state index contributed by atoms with van der Waals surface area (Å²) in [7, 11) is 0. The molecular weight excluding hydrogens is 1590 g/mol. The number of hydrogen-bond donors (Lipinski definition) is 10. The number of carbonyl (C=O) groups is 4. The van der Waals surface area contributed by atoms with Gasteiger partial charge in [-0.3, -0.25) is 19.2 Å². The predicted molar refractivity (Wildman–Crippen MR) is 476 cm³/mol. The van der Waals surface area contributed by atoms with Crippen molar-refractivity contribution in [1.82, 2.24) is 29.9 Å². The van der Waals surface area contributed by atoms with Crippen molar-refractivity contribution in [3.05, 3.63) is 49.5 Å². The fourth-order valence-corrected chi connectivity index (χ4v) is 25.0. The summed E-state index contributed by atoms with van der Waals surface area (Å²) in [6, 6.07) is 0. The fourth-order valence-electron chi connectivity index (χ4n) is 24.2. The zero-order chi connectivity index (χ0) is 91.9. The minimum atomic E-state index is -1.14. The first-order chi connectivity index (χ1) is 49.5. The molecule has 3 aliphatic rings. The Morgan fingerprint density at radius 3 is 0.889 bits per heavy atom. The van der Waals surface area contributed by atoms with Crippen molar-refractivity contribution < 1.29 is 149 Å². The number of carbonyl (C=O) groups excluding carboxylic acids is 4. The number of aliphatic hydroxyl groups is 3. The van der Waals surface area contributed by atoms with Gasteiger partial charge in [-0.15, -0.1) is 0 Å². The van der Waals surface area contributed by atoms with E-state index in [-0.39, 0.29) is 205 Å². The minimum absolute atomic E-state index is 0. The molecule has 0 spiro atoms. The Balaban J connectivity index is -0.00000158. The maximum Gasteiger partial charge on any atom is 1.00 e. The van der Waals surface area contributed by atoms with Crippen molar-refractivity contribution in [2.24, 2.45) is 120 Å². The van der Waals surface area contributed by atoms with Gasteiger partial charge in [0.05, 0.1) is 45.0 Å². The molecule has 0 aromatic carbocycles. The number of aryl methyl sites for hydroxylation is 3. The van der Waals surface area contributed by atoms with Gasteiger partial charge in [-0.25, -0.2) is 19.9 Å². The van der Waals surface area contributed by atoms with Gasteiger partial charge in [0.1, 0.15) is 27.9 Å². The molecule has 3 saturated carbocycles. The minimum Gasteiger partial charge on any atom is -1.00 e. The number of hydrogen-bond acceptors (Lipinski definition) is 19. The number of rotatable bonds is 10. The number of amides is 3. The van der Waals surface area contributed by atoms with Gasteiger partial charge in [0, 0.05) is 49.1 Å². The average molecular weight is 1760 g/mol. The molecule has 666 valence electrons. The quantitative estimate of drug-likeness (QED) is 0.0225. The van der Waals surface area contributed by atoms with Gasteiger partial charge in [0.25, 0.3) is 24.2 Å². The second-order valence-electron chi connectivity index (χ2n) is 46.0. The number of nitrogens with one attached hydrogen (secondary N) is 3. The molecule has 0 saturated heterocycles. The van der Waals surface area contributed by atoms with Crippen LogP contribution in [0, 0.1) is 118 Å². The summed E-state index contributed by atoms with van der Waals surface area (Å²) in [5.74, 6) is -0.741. The van der Waals surface area contributed by atoms with Crippen LogP contribution in [-0.2, 0) is 9.68 Å². The van der Waals surface area contributed by atoms with Crippen LogP contribution in [0.25, 0.3) is 0 Å². The Hall–Kier alpha value is -1.54. The van der Waals surface area contributed by atoms with Gasteiger partial charge in [-0.05, 0) is 150 Å². The third kappa shape index (κ3) is 17.2. The van der Waals surface area contributed by atoms with Crippen LogP contribution >= 0.6 is 34.8 Å². The van der Waals surface area contributed by atoms with E-state index in [4.69, 9.17) is 77.8 Å². The Kier molecular flexibility index (Phi) is 35.4. The third-order valence-corrected chi connectivity index (χ3v) is 36.1. The molecule has 0 unspecified atom stereocenters. The Morgan fingerprint density at radius 1 is 0.402 bits per heavy atom. The van der Waals surface area contributed by atoms with Gasteiger partial charge in [-0.2, -0.15) is 9.97 Å². The summed E-state index contributed by atoms with van der Waals surface area (Å²) in [4.78, 5) is 73.2. The molecular formula is C90H164Cl3K2N13O9. The molecule has 3 amide bonds. The smallest absolute Gasteiger partial charge is 1.00 e. The van der Waals surface area contributed by atoms with Gasteiger partial charge in [0.2, 0.25) is 16.5 Å². The van der Waals surface area contributed by atoms with Crippen molar-refractivity contribution >= 4 is 76.6 Å². The number of nitrogens with two attached hydrogens (primary N) is 4. The molecule has 14 N–H and O–H groups in total. The zero-order valence-corrected chi connectivity index (χ0v) is 90.5. The molecule has 3 fully saturated rings. The van der Waals surface area contributed by atoms with Crippen LogP contribution in [0.1, 0.15) is 369 Å². The van der Waals surface area contributed by atoms with Crippen LogP contribution in [0.2, 0.25) is 15.7 Å². The van der Waals surface area contributed by atoms with Gasteiger partial charge >= 0.3 is 103 Å². The molecule has 3 heterocycles. The number of primary amides is 3. The van der Waals surface area contributed by atoms with Gasteiger partial charge < -0.3 is 65.8 Å². The van der Waals surface area contributed by atoms with E-state index in [1.807, 2.05) is 27.7 Å². The van der Waals surface area contributed by atoms with E-state index in [2.05, 4.69) is 332 Å². The average Bonchev–Trinajstić information content (AvgIpc) is 0.658. The fraction of sp³-hybridized carbons (Fsp3) is 0.822. The largest absolute Gasteiger partial charge is 1.00 e. The molecule has 3 aromatic heterocycles. The number of halogens is 3. The van der Waals surface area contributed by atoms with Gasteiger partial charge in [-0.1, -0.05) is 289 Å². The first-order valence-electron chi connectivity index (χ1n) is 40.1. The third-order valence-electron chi connectivity index (χ3n) is 35.5. The number of nitrogens with zero attached hydrogens (tertiary/aromatic N) is 6. The van der Waals surface area contributed by atoms with E-state index in [0.29, 0.717) is 34.7 Å². The van der Waals surface area contributed by atoms with E-state index in [0.717, 1.165) is 0 Å². The molecule has 0 aliphatic heterocycles. The second kappa shape index (κ2) is 35.2. The molecule has 3 aromatic rings. The SMILES string of the molecule is C.CC1(C)C(C)(C)[C@@](C)(C(C)(C)C)[C@](C)(O)C(C)(C)[C@]1(C)N.Cc1nc(Cl)nc(Cl)c1C(N)=O.Cc1nc(Cl)nc(N[C@]2(C)C(C)(C)C(C)(C)[C@@](C)(C(C)(C)C)[C@](C)(O)C2(C)C)c1C(N)=O.Cc1nc(NC(C(C)(C)C)(C(C)(C)C)C(C)(C)C)nc(N[C@]2(C)C(C)(C)C(C)(C)[C@@](C)(C(C)(C)C)[C@](C)(O)C2(C)C)c1C(N)=O.O=CO[O-].[H-].[K+].[K+]. The van der Waals surface area contributed by atoms with Gasteiger partial charge in [0.15, 0.2) is 0 Å². The van der Waals surface area contributed by atoms with Crippen LogP contribution in [0.15, 0.2) is 0 Å². The molecule has 6 rings (SSSR count). The Labute approximate surface area is 810 Å². The number of anilines is 3. The Bertz CT molecular complexity index is 3940. The second-order valence-corrected chi connectivity index (χ2v) is 47.0. The number of aromatic nitrogens is 6. The maximum atomic E-state index is 13.1. The van der Waals surface area contributed by atoms with Crippen LogP contribution < -0.4 is 147 Å². The molecule has 9 atom stereocenters. The predicted octanol–water partition coefficient (Wildman–Crippen LogP) is 13.8. The van der Waals surface area contributed by atoms with Crippen molar-refractivity contribution in [3.63, 3.8) is 0 Å². The van der Waals surface area contributed by atoms with Crippen molar-refractivity contribution in [1.29, 1.82) is 0 Å². The van der Waals surface area contributed by atoms with E-state index < -0.39 is 100 Å². The standard InChI is InChI=1S/C38H71N5O2.C25H43ClN4O2.C19H39NO.C6H5Cl2N3O.CH2O3.CH4.2K.H/c1-23-24(25(39)44)26(41-27(40-23)43-38(29(5,6)7,30(8,9)10)31(11,12)13)42-36(21)33(16,17)32(14,15)35(20,28(2,3)4)37(22,45)34(36,18)19;1-14-15(16(27)31)17(29-18(26)28-14)30-24(12)21(7,8)20(5,6)23(11,19(2,3)4)25(13,32)22(24,9)10;1-13(2,3)17(10)14(4,5)15(6,7)18(11,20)16(8,9)19(17,12)21;1-2-3(5(9)12)4(7)11-6(8)10-2;2-1-4-3;;;;/h45H,1-22H3,(H2,39,44)(H2,40,41,42,43);32H,1-13H3,(H2,27,31)(H,28,29,30);21H,20H2,1-12H3;1H3,(H2,9,12);1,3H;1H4;;;/q;;;;;;2*+1;-1/p-1/t35-,36-,37-;23-,24-,25-;17-,18-,19-;;;;;;/m111....../s1. The van der Waals surface area contributed by atoms with Crippen LogP contribution in [-0.4, -0.2) is 108 Å². The monoisotopic (exact) mass is 1750 g/mol. The summed E-state index contributed by atoms with van der Waals surface area (Å²) in [6.45, 7) is 104. The van der Waals surface area contributed by atoms with Crippen molar-refractivity contribution in [2.75, 3.05) is 16.0 Å². The van der Waals surface area contributed by atoms with Crippen molar-refractivity contribution in [2.45, 2.75) is 379 Å². The first kappa shape index (κ1) is 118. The van der Waals surface area contributed by atoms with E-state index >= 15 is 0 Å². The summed E-state index contributed by atoms with van der Waals surface area (Å²) < 4.78 is 0. The van der Waals surface area contributed by atoms with Crippen LogP contribution in [0.4, 0.5) is 17.6 Å². The zero-order valence-electron chi connectivity index (χ0n) is 83.0. The molecule has 0 bridgehead atoms.